The quantitative estimate of drug-likeness (QED) is 0.0705. The van der Waals surface area contributed by atoms with Crippen LogP contribution >= 0.6 is 0 Å². The van der Waals surface area contributed by atoms with Crippen LogP contribution in [0.15, 0.2) is 111 Å². The van der Waals surface area contributed by atoms with E-state index < -0.39 is 221 Å². The first-order valence-corrected chi connectivity index (χ1v) is 36.3. The van der Waals surface area contributed by atoms with Gasteiger partial charge in [0.1, 0.15) is 80.2 Å². The molecule has 0 bridgehead atoms. The highest BCUT2D eigenvalue weighted by molar-refractivity contribution is 6.27. The van der Waals surface area contributed by atoms with Crippen LogP contribution in [0, 0.1) is 65.3 Å². The smallest absolute Gasteiger partial charge is 0.255 e. The maximum Gasteiger partial charge on any atom is 0.255 e. The molecule has 3 fully saturated rings. The van der Waals surface area contributed by atoms with E-state index in [1.54, 1.807) is 51.1 Å². The lowest BCUT2D eigenvalue weighted by Crippen LogP contribution is -2.66. The van der Waals surface area contributed by atoms with Gasteiger partial charge >= 0.3 is 0 Å². The summed E-state index contributed by atoms with van der Waals surface area (Å²) in [7, 11) is 9.13. The third kappa shape index (κ3) is 12.3. The summed E-state index contributed by atoms with van der Waals surface area (Å²) in [6.07, 6.45) is 1.14. The van der Waals surface area contributed by atoms with Crippen LogP contribution in [0.1, 0.15) is 142 Å². The molecule has 4 aromatic carbocycles. The molecular weight excluding hydrogens is 1460 g/mol. The summed E-state index contributed by atoms with van der Waals surface area (Å²) in [6, 6.07) is 10.4. The number of nitrogens with zero attached hydrogens (tertiary/aromatic N) is 3. The minimum absolute atomic E-state index is 0.0307. The van der Waals surface area contributed by atoms with E-state index in [9.17, 15) is 109 Å². The van der Waals surface area contributed by atoms with E-state index >= 15 is 8.78 Å². The van der Waals surface area contributed by atoms with Crippen molar-refractivity contribution in [3.8, 4) is 11.5 Å². The normalized spacial score (nSPS) is 29.3. The van der Waals surface area contributed by atoms with Gasteiger partial charge in [0.15, 0.2) is 34.2 Å². The van der Waals surface area contributed by atoms with Gasteiger partial charge in [-0.3, -0.25) is 62.6 Å². The van der Waals surface area contributed by atoms with Crippen molar-refractivity contribution in [2.24, 2.45) is 58.1 Å². The Balaban J connectivity index is 0.000000167. The highest BCUT2D eigenvalue weighted by Gasteiger charge is 2.69. The van der Waals surface area contributed by atoms with Crippen LogP contribution < -0.4 is 22.5 Å². The molecule has 13 rings (SSSR count). The summed E-state index contributed by atoms with van der Waals surface area (Å²) in [5.74, 6) is -27.0. The van der Waals surface area contributed by atoms with Crippen molar-refractivity contribution in [1.82, 2.24) is 14.7 Å². The number of amides is 4. The number of nitrogens with two attached hydrogens (primary N) is 3. The van der Waals surface area contributed by atoms with E-state index in [0.29, 0.717) is 30.4 Å². The third-order valence-electron chi connectivity index (χ3n) is 24.1. The second-order valence-corrected chi connectivity index (χ2v) is 32.1. The molecule has 0 aliphatic heterocycles. The van der Waals surface area contributed by atoms with Crippen LogP contribution in [-0.2, 0) is 47.9 Å². The monoisotopic (exact) mass is 1550 g/mol. The molecule has 0 saturated heterocycles. The molecule has 3 saturated carbocycles. The highest BCUT2D eigenvalue weighted by atomic mass is 19.1. The Hall–Kier alpha value is -10.8. The number of ketones is 6. The van der Waals surface area contributed by atoms with Crippen LogP contribution in [0.3, 0.4) is 0 Å². The number of likely N-dealkylation sites (N-methyl/N-ethyl adjacent to an activating group) is 3. The number of anilines is 1. The summed E-state index contributed by atoms with van der Waals surface area (Å²) in [5, 5.41) is 125. The van der Waals surface area contributed by atoms with Gasteiger partial charge in [-0.25, -0.2) is 13.2 Å². The first-order chi connectivity index (χ1) is 52.2. The zero-order valence-electron chi connectivity index (χ0n) is 63.4. The number of carbonyl (C=O) groups excluding carboxylic acids is 10. The van der Waals surface area contributed by atoms with E-state index in [2.05, 4.69) is 5.32 Å². The fourth-order valence-corrected chi connectivity index (χ4v) is 19.2. The lowest BCUT2D eigenvalue weighted by molar-refractivity contribution is -0.155. The molecule has 0 heterocycles. The number of phenolic OH excluding ortho intramolecular Hbond substituents is 2. The lowest BCUT2D eigenvalue weighted by Gasteiger charge is -2.51. The molecule has 0 unspecified atom stereocenters. The maximum atomic E-state index is 15.9. The molecule has 0 radical (unpaired) electrons. The minimum Gasteiger partial charge on any atom is -0.508 e. The molecule has 9 aliphatic rings. The van der Waals surface area contributed by atoms with Gasteiger partial charge in [0.05, 0.1) is 29.3 Å². The predicted octanol–water partition coefficient (Wildman–Crippen LogP) is 6.17. The number of rotatable bonds is 12. The molecule has 28 nitrogen and oxygen atoms in total. The molecule has 596 valence electrons. The summed E-state index contributed by atoms with van der Waals surface area (Å²) in [6.45, 7) is 11.1. The number of aliphatic hydroxyl groups is 9. The second kappa shape index (κ2) is 29.0. The SMILES string of the molecule is CC[C@H]1c2c(F)cc(NC(=O)CCC(C)(C)C)c(C)c2C(O)=C2C(=O)[C@]3(O)C(O)=C(C(N)=O)C(=O)[C@@H](N(C)C)[C@@H]3C[C@@H]21.CC[C@H]1c2c(F)ccc(O)c2C(O)=C2C(=O)[C@]3(O)C(O)=C(C(N)=O)C(=O)[C@@H](N(C)C)[C@@H]3C[C@@H]21.CN(C)[C@@H]1C(=O)C(C(N)=O)=C(O)[C@@]2(O)C(=O)C3=C(O)c4c(O)ccc(F)c4[C@H](c4ccccc4)[C@H]3C[C@@H]12. The predicted molar refractivity (Wildman–Crippen MR) is 396 cm³/mol. The molecule has 18 N–H and O–H groups in total. The van der Waals surface area contributed by atoms with Crippen molar-refractivity contribution in [2.45, 2.75) is 139 Å². The average molecular weight is 1550 g/mol. The van der Waals surface area contributed by atoms with Gasteiger partial charge in [-0.05, 0) is 158 Å². The van der Waals surface area contributed by atoms with Gasteiger partial charge in [0.2, 0.25) is 23.3 Å². The van der Waals surface area contributed by atoms with E-state index in [1.165, 1.54) is 63.1 Å². The van der Waals surface area contributed by atoms with Gasteiger partial charge in [-0.15, -0.1) is 0 Å². The molecule has 15 atom stereocenters. The highest BCUT2D eigenvalue weighted by Crippen LogP contribution is 2.62. The number of benzene rings is 4. The lowest BCUT2D eigenvalue weighted by atomic mass is 9.54. The Bertz CT molecular complexity index is 5030. The summed E-state index contributed by atoms with van der Waals surface area (Å²) in [4.78, 5) is 135. The summed E-state index contributed by atoms with van der Waals surface area (Å²) >= 11 is 0. The molecule has 0 aromatic heterocycles. The van der Waals surface area contributed by atoms with Crippen molar-refractivity contribution in [2.75, 3.05) is 47.6 Å². The summed E-state index contributed by atoms with van der Waals surface area (Å²) < 4.78 is 46.1. The van der Waals surface area contributed by atoms with Gasteiger partial charge in [0, 0.05) is 80.7 Å². The third-order valence-corrected chi connectivity index (χ3v) is 24.1. The topological polar surface area (TPSA) is 493 Å². The number of primary amides is 3. The molecule has 9 aliphatic carbocycles. The van der Waals surface area contributed by atoms with Crippen molar-refractivity contribution in [3.63, 3.8) is 0 Å². The molecule has 112 heavy (non-hydrogen) atoms. The molecular formula is C81H90F3N7O21. The minimum atomic E-state index is -2.77. The number of carbonyl (C=O) groups is 10. The summed E-state index contributed by atoms with van der Waals surface area (Å²) in [5.41, 5.74) is 4.90. The van der Waals surface area contributed by atoms with E-state index in [1.807, 2.05) is 20.8 Å². The zero-order valence-corrected chi connectivity index (χ0v) is 63.4. The second-order valence-electron chi connectivity index (χ2n) is 32.1. The largest absolute Gasteiger partial charge is 0.508 e. The number of halogens is 3. The molecule has 31 heteroatoms. The van der Waals surface area contributed by atoms with E-state index in [-0.39, 0.29) is 92.8 Å². The van der Waals surface area contributed by atoms with Crippen LogP contribution in [0.25, 0.3) is 17.3 Å². The number of hydrogen-bond donors (Lipinski definition) is 15. The molecule has 4 amide bonds. The van der Waals surface area contributed by atoms with Gasteiger partial charge in [0.25, 0.3) is 17.7 Å². The first-order valence-electron chi connectivity index (χ1n) is 36.3. The number of Topliss-reactive ketones (excluding diaryl/α,β-unsaturated/α-hetero) is 6. The van der Waals surface area contributed by atoms with Crippen molar-refractivity contribution >= 4 is 81.3 Å². The van der Waals surface area contributed by atoms with Gasteiger partial charge < -0.3 is 78.7 Å². The molecule has 0 spiro atoms. The van der Waals surface area contributed by atoms with E-state index in [4.69, 9.17) is 17.2 Å². The number of aliphatic hydroxyl groups excluding tert-OH is 6. The fraction of sp³-hybridized carbons (Fsp3) is 0.432. The Kier molecular flexibility index (Phi) is 21.3. The van der Waals surface area contributed by atoms with Crippen LogP contribution in [0.4, 0.5) is 18.9 Å². The Morgan fingerprint density at radius 2 is 0.839 bits per heavy atom. The maximum absolute atomic E-state index is 15.9. The number of hydrogen-bond acceptors (Lipinski definition) is 24. The standard InChI is InChI=1S/C31H40FN3O7.C27H25FN2O7.C23H25FN2O7/c1-8-14-15-11-16-24(35(6)7)26(38)23(29(33)41)28(40)31(16,42)27(39)22(15)25(37)20-13(2)18(12-17(32)21(14)20)34-19(36)9-10-30(3,4)5;1-30(2)21-13-10-12-16(11-6-4-3-5-7-11)18-14(28)8-9-15(31)19(18)22(32)17(12)24(34)27(13,37)25(35)20(23(21)33)26(29)36;1-4-8-9-7-10-17(26(2)3)19(29)16(22(25)32)21(31)23(10,33)20(30)14(9)18(28)15-12(27)6-5-11(24)13(8)15/h12,14-16,24,37,40,42H,8-11H2,1-7H3,(H2,33,41)(H,34,36);3-9,12-13,16,21,31-32,35,37H,10H2,1-2H3,(H2,29,36);5-6,8-10,17,27-28,31,33H,4,7H2,1-3H3,(H2,25,32)/t14-,15-,16+,24+,31+;12-,13+,16-,21+,27+;8-,9-,10+,17+,23+/m111/s1. The zero-order chi connectivity index (χ0) is 83.2. The van der Waals surface area contributed by atoms with Crippen LogP contribution in [0.2, 0.25) is 0 Å². The van der Waals surface area contributed by atoms with Crippen LogP contribution in [-0.4, -0.2) is 206 Å². The van der Waals surface area contributed by atoms with Crippen LogP contribution in [0.5, 0.6) is 11.5 Å². The number of aromatic hydroxyl groups is 2. The fourth-order valence-electron chi connectivity index (χ4n) is 19.2. The molecule has 4 aromatic rings. The Morgan fingerprint density at radius 1 is 0.500 bits per heavy atom. The van der Waals surface area contributed by atoms with Gasteiger partial charge in [-0.1, -0.05) is 65.0 Å². The number of fused-ring (bicyclic) bond motifs is 9. The van der Waals surface area contributed by atoms with Gasteiger partial charge in [-0.2, -0.15) is 0 Å². The van der Waals surface area contributed by atoms with Crippen molar-refractivity contribution < 1.29 is 117 Å². The first kappa shape index (κ1) is 82.1. The van der Waals surface area contributed by atoms with Crippen molar-refractivity contribution in [1.29, 1.82) is 0 Å². The number of nitrogens with one attached hydrogen (secondary N) is 1. The number of phenols is 2. The van der Waals surface area contributed by atoms with Crippen molar-refractivity contribution in [3.05, 3.63) is 173 Å². The average Bonchev–Trinajstić information content (AvgIpc) is 0.701. The Labute approximate surface area is 640 Å². The Morgan fingerprint density at radius 3 is 1.20 bits per heavy atom. The van der Waals surface area contributed by atoms with E-state index in [0.717, 1.165) is 24.3 Å².